The number of carbonyl (C=O) groups excluding carboxylic acids is 3. The second-order valence-electron chi connectivity index (χ2n) is 20.4. The van der Waals surface area contributed by atoms with Crippen LogP contribution in [-0.2, 0) is 28.6 Å². The summed E-state index contributed by atoms with van der Waals surface area (Å²) in [4.78, 5) is 38.1. The molecule has 0 unspecified atom stereocenters. The predicted molar refractivity (Wildman–Crippen MR) is 275 cm³/mol. The topological polar surface area (TPSA) is 78.9 Å². The molecule has 6 nitrogen and oxygen atoms in total. The first-order chi connectivity index (χ1) is 31.4. The Kier molecular flexibility index (Phi) is 51.1. The summed E-state index contributed by atoms with van der Waals surface area (Å²) >= 11 is 0. The summed E-state index contributed by atoms with van der Waals surface area (Å²) in [5.74, 6) is -0.0179. The number of unbranched alkanes of at least 4 members (excludes halogenated alkanes) is 40. The Hall–Kier alpha value is -1.59. The van der Waals surface area contributed by atoms with Crippen LogP contribution in [0.3, 0.4) is 0 Å². The van der Waals surface area contributed by atoms with Gasteiger partial charge in [0.1, 0.15) is 13.2 Å². The van der Waals surface area contributed by atoms with E-state index < -0.39 is 6.10 Å². The third-order valence-corrected chi connectivity index (χ3v) is 13.3. The van der Waals surface area contributed by atoms with Crippen LogP contribution in [0.2, 0.25) is 0 Å². The zero-order chi connectivity index (χ0) is 46.7. The molecule has 0 fully saturated rings. The molecule has 0 spiro atoms. The van der Waals surface area contributed by atoms with Gasteiger partial charge in [0.25, 0.3) is 0 Å². The minimum atomic E-state index is -0.762. The lowest BCUT2D eigenvalue weighted by Crippen LogP contribution is -2.30. The van der Waals surface area contributed by atoms with Crippen molar-refractivity contribution in [3.05, 3.63) is 0 Å². The van der Waals surface area contributed by atoms with Crippen molar-refractivity contribution < 1.29 is 28.6 Å². The van der Waals surface area contributed by atoms with Gasteiger partial charge in [0.2, 0.25) is 0 Å². The lowest BCUT2D eigenvalue weighted by molar-refractivity contribution is -0.167. The van der Waals surface area contributed by atoms with Crippen LogP contribution in [0, 0.1) is 5.92 Å². The lowest BCUT2D eigenvalue weighted by Gasteiger charge is -2.18. The molecule has 0 aromatic heterocycles. The lowest BCUT2D eigenvalue weighted by atomic mass is 10.0. The Morgan fingerprint density at radius 1 is 0.297 bits per heavy atom. The fourth-order valence-corrected chi connectivity index (χ4v) is 8.92. The Balaban J connectivity index is 4.28. The van der Waals surface area contributed by atoms with Gasteiger partial charge in [-0.15, -0.1) is 0 Å². The molecule has 380 valence electrons. The first-order valence-electron chi connectivity index (χ1n) is 28.9. The number of rotatable bonds is 53. The van der Waals surface area contributed by atoms with Gasteiger partial charge in [0.15, 0.2) is 6.10 Å². The SMILES string of the molecule is CCCCCCCCCCCCCCCCCCCCC(=O)OC[C@@H](COC(=O)CCCCCCCCCCCCC(C)C)OC(=O)CCCCCCCCCCCCCCCCC. The van der Waals surface area contributed by atoms with Gasteiger partial charge in [0.05, 0.1) is 0 Å². The van der Waals surface area contributed by atoms with Gasteiger partial charge in [-0.25, -0.2) is 0 Å². The van der Waals surface area contributed by atoms with Gasteiger partial charge < -0.3 is 14.2 Å². The van der Waals surface area contributed by atoms with Crippen molar-refractivity contribution in [1.82, 2.24) is 0 Å². The number of hydrogen-bond acceptors (Lipinski definition) is 6. The van der Waals surface area contributed by atoms with Gasteiger partial charge in [-0.05, 0) is 25.2 Å². The van der Waals surface area contributed by atoms with E-state index in [1.165, 1.54) is 225 Å². The highest BCUT2D eigenvalue weighted by molar-refractivity contribution is 5.71. The van der Waals surface area contributed by atoms with E-state index in [1.807, 2.05) is 0 Å². The van der Waals surface area contributed by atoms with Crippen molar-refractivity contribution in [3.63, 3.8) is 0 Å². The maximum atomic E-state index is 12.8. The van der Waals surface area contributed by atoms with Gasteiger partial charge >= 0.3 is 17.9 Å². The molecule has 0 amide bonds. The van der Waals surface area contributed by atoms with Crippen molar-refractivity contribution in [2.45, 2.75) is 336 Å². The van der Waals surface area contributed by atoms with E-state index in [0.29, 0.717) is 19.3 Å². The van der Waals surface area contributed by atoms with Gasteiger partial charge in [-0.3, -0.25) is 14.4 Å². The Labute approximate surface area is 399 Å². The van der Waals surface area contributed by atoms with Crippen LogP contribution in [-0.4, -0.2) is 37.2 Å². The highest BCUT2D eigenvalue weighted by atomic mass is 16.6. The minimum absolute atomic E-state index is 0.0620. The van der Waals surface area contributed by atoms with Crippen LogP contribution in [0.25, 0.3) is 0 Å². The van der Waals surface area contributed by atoms with Crippen molar-refractivity contribution >= 4 is 17.9 Å². The largest absolute Gasteiger partial charge is 0.462 e. The Bertz CT molecular complexity index is 964. The minimum Gasteiger partial charge on any atom is -0.462 e. The van der Waals surface area contributed by atoms with Crippen molar-refractivity contribution in [3.8, 4) is 0 Å². The van der Waals surface area contributed by atoms with Crippen molar-refractivity contribution in [2.24, 2.45) is 5.92 Å². The molecule has 6 heteroatoms. The van der Waals surface area contributed by atoms with Gasteiger partial charge in [-0.1, -0.05) is 291 Å². The van der Waals surface area contributed by atoms with E-state index >= 15 is 0 Å². The zero-order valence-electron chi connectivity index (χ0n) is 43.8. The highest BCUT2D eigenvalue weighted by Crippen LogP contribution is 2.18. The van der Waals surface area contributed by atoms with Gasteiger partial charge in [0, 0.05) is 19.3 Å². The van der Waals surface area contributed by atoms with E-state index in [1.54, 1.807) is 0 Å². The van der Waals surface area contributed by atoms with Crippen LogP contribution in [0.4, 0.5) is 0 Å². The smallest absolute Gasteiger partial charge is 0.306 e. The maximum absolute atomic E-state index is 12.8. The Morgan fingerprint density at radius 2 is 0.516 bits per heavy atom. The second kappa shape index (κ2) is 52.4. The molecule has 0 rings (SSSR count). The average molecular weight is 906 g/mol. The summed E-state index contributed by atoms with van der Waals surface area (Å²) in [5, 5.41) is 0. The normalized spacial score (nSPS) is 12.0. The summed E-state index contributed by atoms with van der Waals surface area (Å²) in [6, 6.07) is 0. The van der Waals surface area contributed by atoms with Crippen molar-refractivity contribution in [2.75, 3.05) is 13.2 Å². The predicted octanol–water partition coefficient (Wildman–Crippen LogP) is 19.0. The summed E-state index contributed by atoms with van der Waals surface area (Å²) in [6.45, 7) is 9.04. The Morgan fingerprint density at radius 3 is 0.766 bits per heavy atom. The summed E-state index contributed by atoms with van der Waals surface area (Å²) in [7, 11) is 0. The third kappa shape index (κ3) is 51.4. The van der Waals surface area contributed by atoms with Gasteiger partial charge in [-0.2, -0.15) is 0 Å². The number of carbonyl (C=O) groups is 3. The standard InChI is InChI=1S/C58H112O6/c1-5-7-9-11-13-15-17-19-21-22-23-25-26-28-33-37-41-45-49-56(59)62-52-55(53-63-57(60)50-46-42-38-34-31-30-32-36-40-44-48-54(3)4)64-58(61)51-47-43-39-35-29-27-24-20-18-16-14-12-10-8-6-2/h54-55H,5-53H2,1-4H3/t55-/m0/s1. The monoisotopic (exact) mass is 905 g/mol. The molecule has 0 saturated heterocycles. The molecule has 0 heterocycles. The maximum Gasteiger partial charge on any atom is 0.306 e. The highest BCUT2D eigenvalue weighted by Gasteiger charge is 2.19. The summed E-state index contributed by atoms with van der Waals surface area (Å²) in [6.07, 6.45) is 56.6. The molecule has 0 N–H and O–H groups in total. The number of hydrogen-bond donors (Lipinski definition) is 0. The molecular weight excluding hydrogens is 793 g/mol. The van der Waals surface area contributed by atoms with Crippen LogP contribution in [0.5, 0.6) is 0 Å². The van der Waals surface area contributed by atoms with E-state index in [9.17, 15) is 14.4 Å². The first-order valence-corrected chi connectivity index (χ1v) is 28.9. The van der Waals surface area contributed by atoms with Crippen LogP contribution < -0.4 is 0 Å². The van der Waals surface area contributed by atoms with E-state index in [2.05, 4.69) is 27.7 Å². The summed E-state index contributed by atoms with van der Waals surface area (Å²) in [5.41, 5.74) is 0. The molecule has 0 aliphatic heterocycles. The number of esters is 3. The molecular formula is C58H112O6. The molecule has 0 radical (unpaired) electrons. The fraction of sp³-hybridized carbons (Fsp3) is 0.948. The van der Waals surface area contributed by atoms with Crippen LogP contribution >= 0.6 is 0 Å². The molecule has 0 saturated carbocycles. The number of ether oxygens (including phenoxy) is 3. The van der Waals surface area contributed by atoms with Crippen LogP contribution in [0.15, 0.2) is 0 Å². The zero-order valence-corrected chi connectivity index (χ0v) is 43.8. The van der Waals surface area contributed by atoms with E-state index in [0.717, 1.165) is 63.7 Å². The van der Waals surface area contributed by atoms with Crippen LogP contribution in [0.1, 0.15) is 329 Å². The molecule has 0 bridgehead atoms. The molecule has 0 aromatic rings. The average Bonchev–Trinajstić information content (AvgIpc) is 3.28. The second-order valence-corrected chi connectivity index (χ2v) is 20.4. The molecule has 0 aliphatic rings. The molecule has 1 atom stereocenters. The molecule has 0 aromatic carbocycles. The third-order valence-electron chi connectivity index (χ3n) is 13.3. The van der Waals surface area contributed by atoms with Crippen molar-refractivity contribution in [1.29, 1.82) is 0 Å². The van der Waals surface area contributed by atoms with E-state index in [4.69, 9.17) is 14.2 Å². The summed E-state index contributed by atoms with van der Waals surface area (Å²) < 4.78 is 16.9. The molecule has 64 heavy (non-hydrogen) atoms. The molecule has 0 aliphatic carbocycles. The fourth-order valence-electron chi connectivity index (χ4n) is 8.92. The first kappa shape index (κ1) is 62.4. The quantitative estimate of drug-likeness (QED) is 0.0344. The van der Waals surface area contributed by atoms with E-state index in [-0.39, 0.29) is 31.1 Å².